The summed E-state index contributed by atoms with van der Waals surface area (Å²) in [6.45, 7) is 2.20. The summed E-state index contributed by atoms with van der Waals surface area (Å²) in [5, 5.41) is 7.17. The van der Waals surface area contributed by atoms with Crippen molar-refractivity contribution in [3.8, 4) is 17.1 Å². The topological polar surface area (TPSA) is 72.7 Å². The van der Waals surface area contributed by atoms with E-state index < -0.39 is 0 Å². The van der Waals surface area contributed by atoms with Crippen LogP contribution < -0.4 is 5.32 Å². The molecule has 0 aliphatic rings. The first kappa shape index (κ1) is 17.6. The number of nitrogens with one attached hydrogen (secondary N) is 1. The zero-order valence-corrected chi connectivity index (χ0v) is 15.4. The minimum atomic E-state index is -0.167. The number of carbonyl (C=O) groups excluding carboxylic acids is 1. The summed E-state index contributed by atoms with van der Waals surface area (Å²) in [4.78, 5) is 21.7. The Hall–Kier alpha value is -3.80. The molecule has 6 nitrogen and oxygen atoms in total. The van der Waals surface area contributed by atoms with Gasteiger partial charge in [-0.1, -0.05) is 36.4 Å². The minimum absolute atomic E-state index is 0.167. The molecule has 4 rings (SSSR count). The highest BCUT2D eigenvalue weighted by Crippen LogP contribution is 2.19. The first-order chi connectivity index (χ1) is 13.7. The van der Waals surface area contributed by atoms with Gasteiger partial charge < -0.3 is 5.32 Å². The van der Waals surface area contributed by atoms with E-state index in [1.807, 2.05) is 73.8 Å². The molecule has 0 radical (unpaired) electrons. The Labute approximate surface area is 162 Å². The van der Waals surface area contributed by atoms with Gasteiger partial charge in [0, 0.05) is 36.3 Å². The lowest BCUT2D eigenvalue weighted by Gasteiger charge is -2.11. The molecule has 0 spiro atoms. The summed E-state index contributed by atoms with van der Waals surface area (Å²) in [6.07, 6.45) is 5.23. The standard InChI is InChI=1S/C22H19N5O/c1-16-19(10-11-20(26-16)17-7-3-2-4-8-17)22(28)24-15-18-9-5-12-23-21(18)27-14-6-13-25-27/h2-14H,15H2,1H3,(H,24,28). The highest BCUT2D eigenvalue weighted by Gasteiger charge is 2.13. The van der Waals surface area contributed by atoms with Crippen molar-refractivity contribution in [2.24, 2.45) is 0 Å². The third kappa shape index (κ3) is 3.66. The monoisotopic (exact) mass is 369 g/mol. The van der Waals surface area contributed by atoms with Gasteiger partial charge >= 0.3 is 0 Å². The van der Waals surface area contributed by atoms with Crippen molar-refractivity contribution in [2.75, 3.05) is 0 Å². The summed E-state index contributed by atoms with van der Waals surface area (Å²) in [7, 11) is 0. The number of amides is 1. The molecule has 138 valence electrons. The van der Waals surface area contributed by atoms with Crippen LogP contribution in [0.5, 0.6) is 0 Å². The van der Waals surface area contributed by atoms with Crippen molar-refractivity contribution >= 4 is 5.91 Å². The SMILES string of the molecule is Cc1nc(-c2ccccc2)ccc1C(=O)NCc1cccnc1-n1cccn1. The normalized spacial score (nSPS) is 10.6. The Balaban J connectivity index is 1.51. The molecule has 1 N–H and O–H groups in total. The van der Waals surface area contributed by atoms with Crippen LogP contribution in [0.15, 0.2) is 79.3 Å². The van der Waals surface area contributed by atoms with Gasteiger partial charge in [0.15, 0.2) is 5.82 Å². The van der Waals surface area contributed by atoms with Crippen LogP contribution in [0.3, 0.4) is 0 Å². The van der Waals surface area contributed by atoms with E-state index in [0.29, 0.717) is 23.6 Å². The first-order valence-electron chi connectivity index (χ1n) is 8.97. The van der Waals surface area contributed by atoms with E-state index in [4.69, 9.17) is 0 Å². The Morgan fingerprint density at radius 1 is 1.00 bits per heavy atom. The van der Waals surface area contributed by atoms with Crippen LogP contribution in [-0.4, -0.2) is 25.7 Å². The molecule has 0 saturated heterocycles. The van der Waals surface area contributed by atoms with Gasteiger partial charge in [0.25, 0.3) is 5.91 Å². The maximum atomic E-state index is 12.7. The summed E-state index contributed by atoms with van der Waals surface area (Å²) in [5.74, 6) is 0.530. The highest BCUT2D eigenvalue weighted by atomic mass is 16.1. The van der Waals surface area contributed by atoms with Gasteiger partial charge in [0.1, 0.15) is 0 Å². The van der Waals surface area contributed by atoms with E-state index in [1.165, 1.54) is 0 Å². The second kappa shape index (κ2) is 7.84. The number of carbonyl (C=O) groups is 1. The zero-order chi connectivity index (χ0) is 19.3. The van der Waals surface area contributed by atoms with E-state index in [1.54, 1.807) is 17.1 Å². The average Bonchev–Trinajstić information content (AvgIpc) is 3.27. The molecule has 0 bridgehead atoms. The van der Waals surface area contributed by atoms with Gasteiger partial charge in [-0.15, -0.1) is 0 Å². The number of nitrogens with zero attached hydrogens (tertiary/aromatic N) is 4. The fourth-order valence-corrected chi connectivity index (χ4v) is 3.01. The molecular weight excluding hydrogens is 350 g/mol. The van der Waals surface area contributed by atoms with Gasteiger partial charge in [-0.3, -0.25) is 9.78 Å². The lowest BCUT2D eigenvalue weighted by atomic mass is 10.1. The van der Waals surface area contributed by atoms with Gasteiger partial charge in [-0.25, -0.2) is 9.67 Å². The van der Waals surface area contributed by atoms with Crippen molar-refractivity contribution in [3.05, 3.63) is 96.1 Å². The fraction of sp³-hybridized carbons (Fsp3) is 0.0909. The molecule has 28 heavy (non-hydrogen) atoms. The quantitative estimate of drug-likeness (QED) is 0.584. The third-order valence-corrected chi connectivity index (χ3v) is 4.43. The van der Waals surface area contributed by atoms with Crippen molar-refractivity contribution < 1.29 is 4.79 Å². The van der Waals surface area contributed by atoms with Crippen LogP contribution in [0.25, 0.3) is 17.1 Å². The van der Waals surface area contributed by atoms with Crippen molar-refractivity contribution in [3.63, 3.8) is 0 Å². The lowest BCUT2D eigenvalue weighted by Crippen LogP contribution is -2.25. The van der Waals surface area contributed by atoms with E-state index in [0.717, 1.165) is 16.8 Å². The number of pyridine rings is 2. The molecular formula is C22H19N5O. The number of hydrogen-bond donors (Lipinski definition) is 1. The molecule has 1 aromatic carbocycles. The zero-order valence-electron chi connectivity index (χ0n) is 15.4. The Bertz CT molecular complexity index is 1090. The highest BCUT2D eigenvalue weighted by molar-refractivity contribution is 5.95. The maximum absolute atomic E-state index is 12.7. The van der Waals surface area contributed by atoms with Gasteiger partial charge in [-0.2, -0.15) is 5.10 Å². The van der Waals surface area contributed by atoms with Crippen molar-refractivity contribution in [2.45, 2.75) is 13.5 Å². The van der Waals surface area contributed by atoms with E-state index in [9.17, 15) is 4.79 Å². The van der Waals surface area contributed by atoms with Gasteiger partial charge in [0.05, 0.1) is 17.0 Å². The number of hydrogen-bond acceptors (Lipinski definition) is 4. The maximum Gasteiger partial charge on any atom is 0.253 e. The molecule has 0 unspecified atom stereocenters. The van der Waals surface area contributed by atoms with E-state index in [-0.39, 0.29) is 5.91 Å². The van der Waals surface area contributed by atoms with Crippen LogP contribution in [0.2, 0.25) is 0 Å². The molecule has 0 aliphatic carbocycles. The van der Waals surface area contributed by atoms with Crippen LogP contribution in [0.1, 0.15) is 21.6 Å². The largest absolute Gasteiger partial charge is 0.348 e. The van der Waals surface area contributed by atoms with Gasteiger partial charge in [-0.05, 0) is 31.2 Å². The molecule has 0 atom stereocenters. The summed E-state index contributed by atoms with van der Waals surface area (Å²) in [5.41, 5.74) is 4.01. The molecule has 4 aromatic rings. The number of rotatable bonds is 5. The summed E-state index contributed by atoms with van der Waals surface area (Å²) in [6, 6.07) is 19.2. The lowest BCUT2D eigenvalue weighted by molar-refractivity contribution is 0.0950. The Morgan fingerprint density at radius 3 is 2.61 bits per heavy atom. The fourth-order valence-electron chi connectivity index (χ4n) is 3.01. The summed E-state index contributed by atoms with van der Waals surface area (Å²) < 4.78 is 1.68. The second-order valence-corrected chi connectivity index (χ2v) is 6.31. The van der Waals surface area contributed by atoms with Crippen molar-refractivity contribution in [1.29, 1.82) is 0 Å². The number of aryl methyl sites for hydroxylation is 1. The Morgan fingerprint density at radius 2 is 1.86 bits per heavy atom. The van der Waals surface area contributed by atoms with Crippen LogP contribution in [0.4, 0.5) is 0 Å². The van der Waals surface area contributed by atoms with E-state index in [2.05, 4.69) is 20.4 Å². The predicted molar refractivity (Wildman–Crippen MR) is 107 cm³/mol. The minimum Gasteiger partial charge on any atom is -0.348 e. The predicted octanol–water partition coefficient (Wildman–Crippen LogP) is 3.57. The molecule has 0 fully saturated rings. The molecule has 1 amide bonds. The van der Waals surface area contributed by atoms with Crippen molar-refractivity contribution in [1.82, 2.24) is 25.1 Å². The first-order valence-corrected chi connectivity index (χ1v) is 8.97. The Kier molecular flexibility index (Phi) is 4.93. The van der Waals surface area contributed by atoms with Crippen LogP contribution in [0, 0.1) is 6.92 Å². The van der Waals surface area contributed by atoms with Gasteiger partial charge in [0.2, 0.25) is 0 Å². The average molecular weight is 369 g/mol. The van der Waals surface area contributed by atoms with Crippen LogP contribution in [-0.2, 0) is 6.54 Å². The van der Waals surface area contributed by atoms with Crippen LogP contribution >= 0.6 is 0 Å². The third-order valence-electron chi connectivity index (χ3n) is 4.43. The van der Waals surface area contributed by atoms with E-state index >= 15 is 0 Å². The molecule has 3 aromatic heterocycles. The molecule has 3 heterocycles. The molecule has 6 heteroatoms. The molecule has 0 aliphatic heterocycles. The molecule has 0 saturated carbocycles. The smallest absolute Gasteiger partial charge is 0.253 e. The number of aromatic nitrogens is 4. The second-order valence-electron chi connectivity index (χ2n) is 6.31. The summed E-state index contributed by atoms with van der Waals surface area (Å²) >= 11 is 0. The number of benzene rings is 1.